The Morgan fingerprint density at radius 2 is 2.17 bits per heavy atom. The molecule has 0 radical (unpaired) electrons. The first-order valence-corrected chi connectivity index (χ1v) is 6.34. The van der Waals surface area contributed by atoms with Gasteiger partial charge in [-0.3, -0.25) is 0 Å². The third-order valence-corrected chi connectivity index (χ3v) is 3.37. The Balaban J connectivity index is 1.74. The summed E-state index contributed by atoms with van der Waals surface area (Å²) in [5.74, 6) is -0.221. The van der Waals surface area contributed by atoms with E-state index < -0.39 is 0 Å². The number of nitrogens with zero attached hydrogens (tertiary/aromatic N) is 2. The zero-order valence-electron chi connectivity index (χ0n) is 10.1. The summed E-state index contributed by atoms with van der Waals surface area (Å²) in [5.41, 5.74) is 2.11. The number of hydrogen-bond donors (Lipinski definition) is 1. The molecule has 94 valence electrons. The predicted molar refractivity (Wildman–Crippen MR) is 68.3 cm³/mol. The minimum absolute atomic E-state index is 0.221. The van der Waals surface area contributed by atoms with E-state index in [4.69, 9.17) is 0 Å². The fraction of sp³-hybridized carbons (Fsp3) is 0.357. The number of benzene rings is 1. The van der Waals surface area contributed by atoms with Gasteiger partial charge in [0.15, 0.2) is 0 Å². The van der Waals surface area contributed by atoms with Crippen LogP contribution in [-0.4, -0.2) is 22.4 Å². The summed E-state index contributed by atoms with van der Waals surface area (Å²) in [6, 6.07) is 6.96. The molecule has 0 aliphatic carbocycles. The normalized spacial score (nSPS) is 19.3. The quantitative estimate of drug-likeness (QED) is 0.899. The van der Waals surface area contributed by atoms with Crippen LogP contribution in [0.25, 0.3) is 5.69 Å². The van der Waals surface area contributed by atoms with Gasteiger partial charge in [-0.25, -0.2) is 9.07 Å². The molecule has 3 nitrogen and oxygen atoms in total. The van der Waals surface area contributed by atoms with Gasteiger partial charge in [-0.05, 0) is 55.6 Å². The molecule has 0 saturated carbocycles. The van der Waals surface area contributed by atoms with Crippen molar-refractivity contribution in [1.29, 1.82) is 0 Å². The number of halogens is 1. The van der Waals surface area contributed by atoms with Crippen molar-refractivity contribution in [2.75, 3.05) is 6.54 Å². The smallest absolute Gasteiger partial charge is 0.123 e. The first kappa shape index (κ1) is 11.4. The average Bonchev–Trinajstić information content (AvgIpc) is 3.02. The molecule has 2 heterocycles. The highest BCUT2D eigenvalue weighted by Gasteiger charge is 2.15. The molecule has 3 rings (SSSR count). The van der Waals surface area contributed by atoms with Crippen molar-refractivity contribution < 1.29 is 4.39 Å². The van der Waals surface area contributed by atoms with Crippen LogP contribution in [-0.2, 0) is 6.42 Å². The van der Waals surface area contributed by atoms with E-state index in [-0.39, 0.29) is 5.82 Å². The first-order valence-electron chi connectivity index (χ1n) is 6.34. The summed E-state index contributed by atoms with van der Waals surface area (Å²) in [4.78, 5) is 0. The summed E-state index contributed by atoms with van der Waals surface area (Å²) in [6.07, 6.45) is 7.43. The summed E-state index contributed by atoms with van der Waals surface area (Å²) in [7, 11) is 0. The molecule has 1 aromatic heterocycles. The maximum absolute atomic E-state index is 12.8. The second kappa shape index (κ2) is 4.90. The fourth-order valence-corrected chi connectivity index (χ4v) is 2.42. The van der Waals surface area contributed by atoms with Gasteiger partial charge < -0.3 is 5.32 Å². The van der Waals surface area contributed by atoms with Gasteiger partial charge in [0.2, 0.25) is 0 Å². The lowest BCUT2D eigenvalue weighted by Gasteiger charge is -2.07. The fourth-order valence-electron chi connectivity index (χ4n) is 2.42. The summed E-state index contributed by atoms with van der Waals surface area (Å²) >= 11 is 0. The van der Waals surface area contributed by atoms with Gasteiger partial charge in [-0.15, -0.1) is 0 Å². The third-order valence-electron chi connectivity index (χ3n) is 3.37. The molecule has 1 N–H and O–H groups in total. The van der Waals surface area contributed by atoms with Crippen molar-refractivity contribution in [2.45, 2.75) is 25.3 Å². The average molecular weight is 245 g/mol. The Bertz CT molecular complexity index is 512. The molecular formula is C14H16FN3. The molecule has 1 aliphatic rings. The van der Waals surface area contributed by atoms with E-state index in [0.717, 1.165) is 18.7 Å². The lowest BCUT2D eigenvalue weighted by molar-refractivity contribution is 0.603. The highest BCUT2D eigenvalue weighted by Crippen LogP contribution is 2.14. The lowest BCUT2D eigenvalue weighted by atomic mass is 10.1. The van der Waals surface area contributed by atoms with Crippen LogP contribution in [0.5, 0.6) is 0 Å². The molecule has 4 heteroatoms. The van der Waals surface area contributed by atoms with Crippen molar-refractivity contribution >= 4 is 0 Å². The van der Waals surface area contributed by atoms with Crippen LogP contribution in [0.3, 0.4) is 0 Å². The van der Waals surface area contributed by atoms with Crippen LogP contribution >= 0.6 is 0 Å². The van der Waals surface area contributed by atoms with Gasteiger partial charge in [0.1, 0.15) is 5.82 Å². The predicted octanol–water partition coefficient (Wildman–Crippen LogP) is 2.31. The molecule has 1 saturated heterocycles. The first-order chi connectivity index (χ1) is 8.81. The zero-order chi connectivity index (χ0) is 12.4. The number of hydrogen-bond acceptors (Lipinski definition) is 2. The van der Waals surface area contributed by atoms with Crippen molar-refractivity contribution in [3.63, 3.8) is 0 Å². The van der Waals surface area contributed by atoms with Crippen LogP contribution in [0.2, 0.25) is 0 Å². The van der Waals surface area contributed by atoms with E-state index in [1.165, 1.54) is 30.5 Å². The molecule has 0 amide bonds. The minimum Gasteiger partial charge on any atom is -0.314 e. The molecule has 1 fully saturated rings. The summed E-state index contributed by atoms with van der Waals surface area (Å²) in [5, 5.41) is 7.80. The zero-order valence-corrected chi connectivity index (χ0v) is 10.1. The Morgan fingerprint density at radius 1 is 1.33 bits per heavy atom. The van der Waals surface area contributed by atoms with Gasteiger partial charge >= 0.3 is 0 Å². The Morgan fingerprint density at radius 3 is 2.89 bits per heavy atom. The molecule has 1 aromatic carbocycles. The molecular weight excluding hydrogens is 229 g/mol. The molecule has 1 atom stereocenters. The van der Waals surface area contributed by atoms with Gasteiger partial charge in [0, 0.05) is 12.2 Å². The van der Waals surface area contributed by atoms with Gasteiger partial charge in [0.25, 0.3) is 0 Å². The van der Waals surface area contributed by atoms with Crippen LogP contribution < -0.4 is 5.32 Å². The molecule has 18 heavy (non-hydrogen) atoms. The van der Waals surface area contributed by atoms with Crippen molar-refractivity contribution in [1.82, 2.24) is 15.1 Å². The standard InChI is InChI=1S/C14H16FN3/c15-12-3-5-14(6-4-12)18-10-11(9-17-18)8-13-2-1-7-16-13/h3-6,9-10,13,16H,1-2,7-8H2. The third kappa shape index (κ3) is 2.43. The van der Waals surface area contributed by atoms with E-state index in [2.05, 4.69) is 10.4 Å². The lowest BCUT2D eigenvalue weighted by Crippen LogP contribution is -2.23. The summed E-state index contributed by atoms with van der Waals surface area (Å²) < 4.78 is 14.6. The Kier molecular flexibility index (Phi) is 3.11. The molecule has 2 aromatic rings. The van der Waals surface area contributed by atoms with E-state index in [9.17, 15) is 4.39 Å². The van der Waals surface area contributed by atoms with Crippen LogP contribution in [0.15, 0.2) is 36.7 Å². The van der Waals surface area contributed by atoms with Crippen LogP contribution in [0.4, 0.5) is 4.39 Å². The SMILES string of the molecule is Fc1ccc(-n2cc(CC3CCCN3)cn2)cc1. The van der Waals surface area contributed by atoms with E-state index in [1.807, 2.05) is 12.4 Å². The molecule has 0 bridgehead atoms. The van der Waals surface area contributed by atoms with Crippen molar-refractivity contribution in [3.05, 3.63) is 48.0 Å². The Hall–Kier alpha value is -1.68. The monoisotopic (exact) mass is 245 g/mol. The maximum Gasteiger partial charge on any atom is 0.123 e. The van der Waals surface area contributed by atoms with E-state index in [1.54, 1.807) is 16.8 Å². The van der Waals surface area contributed by atoms with E-state index >= 15 is 0 Å². The molecule has 1 unspecified atom stereocenters. The van der Waals surface area contributed by atoms with Gasteiger partial charge in [-0.1, -0.05) is 0 Å². The minimum atomic E-state index is -0.221. The highest BCUT2D eigenvalue weighted by atomic mass is 19.1. The number of rotatable bonds is 3. The van der Waals surface area contributed by atoms with Gasteiger partial charge in [-0.2, -0.15) is 5.10 Å². The second-order valence-electron chi connectivity index (χ2n) is 4.77. The highest BCUT2D eigenvalue weighted by molar-refractivity contribution is 5.31. The second-order valence-corrected chi connectivity index (χ2v) is 4.77. The number of aromatic nitrogens is 2. The molecule has 0 spiro atoms. The maximum atomic E-state index is 12.8. The largest absolute Gasteiger partial charge is 0.314 e. The summed E-state index contributed by atoms with van der Waals surface area (Å²) in [6.45, 7) is 1.12. The number of nitrogens with one attached hydrogen (secondary N) is 1. The Labute approximate surface area is 106 Å². The van der Waals surface area contributed by atoms with Crippen LogP contribution in [0.1, 0.15) is 18.4 Å². The van der Waals surface area contributed by atoms with Crippen molar-refractivity contribution in [2.24, 2.45) is 0 Å². The van der Waals surface area contributed by atoms with E-state index in [0.29, 0.717) is 6.04 Å². The van der Waals surface area contributed by atoms with Crippen LogP contribution in [0, 0.1) is 5.82 Å². The topological polar surface area (TPSA) is 29.9 Å². The van der Waals surface area contributed by atoms with Gasteiger partial charge in [0.05, 0.1) is 11.9 Å². The van der Waals surface area contributed by atoms with Crippen molar-refractivity contribution in [3.8, 4) is 5.69 Å². The molecule has 1 aliphatic heterocycles.